The maximum atomic E-state index is 13.3. The van der Waals surface area contributed by atoms with Crippen molar-refractivity contribution in [1.29, 1.82) is 0 Å². The molecule has 3 aromatic carbocycles. The Morgan fingerprint density at radius 3 is 2.00 bits per heavy atom. The van der Waals surface area contributed by atoms with Gasteiger partial charge in [-0.3, -0.25) is 4.18 Å². The van der Waals surface area contributed by atoms with Gasteiger partial charge < -0.3 is 14.3 Å². The second-order valence-corrected chi connectivity index (χ2v) is 10.5. The molecule has 0 radical (unpaired) electrons. The van der Waals surface area contributed by atoms with E-state index in [1.165, 1.54) is 37.6 Å². The van der Waals surface area contributed by atoms with E-state index in [9.17, 15) is 18.0 Å². The molecule has 0 N–H and O–H groups in total. The highest BCUT2D eigenvalue weighted by Gasteiger charge is 2.34. The number of halogens is 3. The lowest BCUT2D eigenvalue weighted by atomic mass is 10.1. The van der Waals surface area contributed by atoms with Crippen molar-refractivity contribution in [3.05, 3.63) is 99.0 Å². The van der Waals surface area contributed by atoms with Crippen molar-refractivity contribution in [2.24, 2.45) is 5.16 Å². The van der Waals surface area contributed by atoms with E-state index in [1.807, 2.05) is 0 Å². The Labute approximate surface area is 240 Å². The Hall–Kier alpha value is -3.15. The molecule has 39 heavy (non-hydrogen) atoms. The molecule has 0 bridgehead atoms. The number of ether oxygens (including phenoxy) is 2. The zero-order valence-corrected chi connectivity index (χ0v) is 23.4. The van der Waals surface area contributed by atoms with Crippen molar-refractivity contribution in [3.8, 4) is 0 Å². The zero-order chi connectivity index (χ0) is 28.4. The first-order valence-corrected chi connectivity index (χ1v) is 13.8. The summed E-state index contributed by atoms with van der Waals surface area (Å²) < 4.78 is 42.9. The molecule has 0 heterocycles. The number of hydrogen-bond donors (Lipinski definition) is 0. The minimum atomic E-state index is -4.65. The number of hydrogen-bond acceptors (Lipinski definition) is 9. The van der Waals surface area contributed by atoms with E-state index in [4.69, 9.17) is 48.5 Å². The molecule has 3 rings (SSSR count). The summed E-state index contributed by atoms with van der Waals surface area (Å²) in [5.41, 5.74) is 0.409. The van der Waals surface area contributed by atoms with E-state index < -0.39 is 45.8 Å². The summed E-state index contributed by atoms with van der Waals surface area (Å²) in [6, 6.07) is 18.2. The molecule has 3 aromatic rings. The van der Waals surface area contributed by atoms with Gasteiger partial charge in [0, 0.05) is 12.6 Å². The smallest absolute Gasteiger partial charge is 0.338 e. The lowest BCUT2D eigenvalue weighted by Gasteiger charge is -2.26. The molecule has 0 fully saturated rings. The van der Waals surface area contributed by atoms with Crippen LogP contribution in [0.4, 0.5) is 0 Å². The van der Waals surface area contributed by atoms with Crippen LogP contribution in [-0.4, -0.2) is 52.5 Å². The van der Waals surface area contributed by atoms with E-state index in [2.05, 4.69) is 9.99 Å². The van der Waals surface area contributed by atoms with Gasteiger partial charge in [0.25, 0.3) is 10.1 Å². The summed E-state index contributed by atoms with van der Waals surface area (Å²) in [6.45, 7) is -0.626. The number of esters is 2. The van der Waals surface area contributed by atoms with Crippen molar-refractivity contribution in [2.75, 3.05) is 13.7 Å². The molecule has 0 aromatic heterocycles. The lowest BCUT2D eigenvalue weighted by molar-refractivity contribution is -0.0290. The minimum Gasteiger partial charge on any atom is -0.459 e. The molecule has 0 unspecified atom stereocenters. The number of benzene rings is 3. The average Bonchev–Trinajstić information content (AvgIpc) is 2.93. The maximum Gasteiger partial charge on any atom is 0.338 e. The fourth-order valence-electron chi connectivity index (χ4n) is 3.20. The Kier molecular flexibility index (Phi) is 11.1. The van der Waals surface area contributed by atoms with Gasteiger partial charge in [-0.1, -0.05) is 76.4 Å². The van der Waals surface area contributed by atoms with Crippen LogP contribution in [0.25, 0.3) is 0 Å². The Balaban J connectivity index is 1.96. The van der Waals surface area contributed by atoms with Gasteiger partial charge in [0.15, 0.2) is 0 Å². The summed E-state index contributed by atoms with van der Waals surface area (Å²) >= 11 is 18.0. The molecule has 9 nitrogen and oxygen atoms in total. The van der Waals surface area contributed by atoms with Crippen LogP contribution in [-0.2, 0) is 28.6 Å². The first kappa shape index (κ1) is 30.4. The average molecular weight is 615 g/mol. The third-order valence-electron chi connectivity index (χ3n) is 5.08. The summed E-state index contributed by atoms with van der Waals surface area (Å²) in [6.07, 6.45) is -1.76. The van der Waals surface area contributed by atoms with Crippen molar-refractivity contribution < 1.29 is 36.5 Å². The summed E-state index contributed by atoms with van der Waals surface area (Å²) in [4.78, 5) is 29.7. The Bertz CT molecular complexity index is 1420. The monoisotopic (exact) mass is 613 g/mol. The zero-order valence-electron chi connectivity index (χ0n) is 20.3. The SMILES string of the molecule is CON=CC[C@H](OC(=O)c1ccccc1)[C@@H](COC(=O)c1ccccc1)OS(=O)(=O)c1cc(Cl)c(Cl)cc1Cl. The molecule has 0 spiro atoms. The van der Waals surface area contributed by atoms with Crippen molar-refractivity contribution >= 4 is 63.1 Å². The van der Waals surface area contributed by atoms with Crippen LogP contribution in [0.1, 0.15) is 27.1 Å². The summed E-state index contributed by atoms with van der Waals surface area (Å²) in [5, 5.41) is 3.30. The maximum absolute atomic E-state index is 13.3. The van der Waals surface area contributed by atoms with E-state index in [0.29, 0.717) is 0 Å². The number of nitrogens with zero attached hydrogens (tertiary/aromatic N) is 1. The molecule has 0 aliphatic carbocycles. The summed E-state index contributed by atoms with van der Waals surface area (Å²) in [7, 11) is -3.35. The van der Waals surface area contributed by atoms with Gasteiger partial charge in [-0.25, -0.2) is 9.59 Å². The fraction of sp³-hybridized carbons (Fsp3) is 0.192. The molecule has 0 saturated heterocycles. The number of rotatable bonds is 12. The normalized spacial score (nSPS) is 13.0. The van der Waals surface area contributed by atoms with Crippen LogP contribution in [0.2, 0.25) is 15.1 Å². The second kappa shape index (κ2) is 14.3. The highest BCUT2D eigenvalue weighted by Crippen LogP contribution is 2.33. The van der Waals surface area contributed by atoms with Crippen LogP contribution in [0, 0.1) is 0 Å². The van der Waals surface area contributed by atoms with Gasteiger partial charge in [0.05, 0.1) is 26.2 Å². The van der Waals surface area contributed by atoms with Gasteiger partial charge in [-0.2, -0.15) is 8.42 Å². The molecule has 13 heteroatoms. The molecular weight excluding hydrogens is 593 g/mol. The minimum absolute atomic E-state index is 0.0272. The molecule has 206 valence electrons. The Morgan fingerprint density at radius 2 is 1.41 bits per heavy atom. The van der Waals surface area contributed by atoms with Gasteiger partial charge in [0.1, 0.15) is 30.8 Å². The van der Waals surface area contributed by atoms with Gasteiger partial charge >= 0.3 is 11.9 Å². The van der Waals surface area contributed by atoms with Gasteiger partial charge in [0.2, 0.25) is 0 Å². The van der Waals surface area contributed by atoms with E-state index in [1.54, 1.807) is 36.4 Å². The molecule has 0 aliphatic heterocycles. The van der Waals surface area contributed by atoms with Crippen LogP contribution in [0.3, 0.4) is 0 Å². The molecular formula is C26H22Cl3NO8S. The number of oxime groups is 1. The Morgan fingerprint density at radius 1 is 0.846 bits per heavy atom. The predicted molar refractivity (Wildman–Crippen MR) is 146 cm³/mol. The molecule has 0 saturated carbocycles. The van der Waals surface area contributed by atoms with Gasteiger partial charge in [-0.05, 0) is 36.4 Å². The highest BCUT2D eigenvalue weighted by atomic mass is 35.5. The van der Waals surface area contributed by atoms with Crippen molar-refractivity contribution in [3.63, 3.8) is 0 Å². The van der Waals surface area contributed by atoms with Crippen LogP contribution < -0.4 is 0 Å². The van der Waals surface area contributed by atoms with Gasteiger partial charge in [-0.15, -0.1) is 0 Å². The van der Waals surface area contributed by atoms with Crippen molar-refractivity contribution in [2.45, 2.75) is 23.5 Å². The fourth-order valence-corrected chi connectivity index (χ4v) is 5.26. The number of carbonyl (C=O) groups excluding carboxylic acids is 2. The summed E-state index contributed by atoms with van der Waals surface area (Å²) in [5.74, 6) is -1.53. The molecule has 0 aliphatic rings. The highest BCUT2D eigenvalue weighted by molar-refractivity contribution is 7.87. The second-order valence-electron chi connectivity index (χ2n) is 7.77. The molecule has 0 amide bonds. The van der Waals surface area contributed by atoms with Crippen molar-refractivity contribution in [1.82, 2.24) is 0 Å². The topological polar surface area (TPSA) is 118 Å². The largest absolute Gasteiger partial charge is 0.459 e. The predicted octanol–water partition coefficient (Wildman–Crippen LogP) is 5.83. The third-order valence-corrected chi connectivity index (χ3v) is 7.61. The first-order chi connectivity index (χ1) is 18.6. The number of carbonyl (C=O) groups is 2. The van der Waals surface area contributed by atoms with Crippen LogP contribution in [0.5, 0.6) is 0 Å². The standard InChI is InChI=1S/C26H22Cl3NO8S/c1-35-30-13-12-22(37-26(32)18-10-6-3-7-11-18)23(16-36-25(31)17-8-4-2-5-9-17)38-39(33,34)24-15-20(28)19(27)14-21(24)29/h2-11,13-15,22-23H,12,16H2,1H3/t22-,23+/m0/s1. The molecule has 2 atom stereocenters. The van der Waals surface area contributed by atoms with Crippen LogP contribution >= 0.6 is 34.8 Å². The van der Waals surface area contributed by atoms with E-state index in [0.717, 1.165) is 12.1 Å². The van der Waals surface area contributed by atoms with Crippen LogP contribution in [0.15, 0.2) is 82.8 Å². The first-order valence-electron chi connectivity index (χ1n) is 11.2. The quantitative estimate of drug-likeness (QED) is 0.0823. The lowest BCUT2D eigenvalue weighted by Crippen LogP contribution is -2.39. The third kappa shape index (κ3) is 8.67. The van der Waals surface area contributed by atoms with E-state index >= 15 is 0 Å². The van der Waals surface area contributed by atoms with E-state index in [-0.39, 0.29) is 32.6 Å².